The number of anilines is 1. The van der Waals surface area contributed by atoms with Crippen LogP contribution in [0.2, 0.25) is 0 Å². The van der Waals surface area contributed by atoms with Gasteiger partial charge in [-0.15, -0.1) is 0 Å². The van der Waals surface area contributed by atoms with E-state index in [4.69, 9.17) is 5.26 Å². The fourth-order valence-electron chi connectivity index (χ4n) is 2.75. The normalized spacial score (nSPS) is 12.1. The van der Waals surface area contributed by atoms with Gasteiger partial charge in [-0.2, -0.15) is 5.26 Å². The standard InChI is InChI=1S/C21H25N3O3S/c1-5-24(14-15(2)13-22)21(25)18-9-11-19(12-10-18)28(26,27)23-20-8-6-7-16(3)17(20)4/h6-12,15,23H,5,14H2,1-4H3. The summed E-state index contributed by atoms with van der Waals surface area (Å²) in [6.45, 7) is 8.18. The first-order valence-corrected chi connectivity index (χ1v) is 10.6. The SMILES string of the molecule is CCN(CC(C)C#N)C(=O)c1ccc(S(=O)(=O)Nc2cccc(C)c2C)cc1. The topological polar surface area (TPSA) is 90.3 Å². The molecular formula is C21H25N3O3S. The molecule has 0 aromatic heterocycles. The summed E-state index contributed by atoms with van der Waals surface area (Å²) in [7, 11) is -3.76. The van der Waals surface area contributed by atoms with Crippen LogP contribution >= 0.6 is 0 Å². The number of nitrogens with one attached hydrogen (secondary N) is 1. The number of sulfonamides is 1. The maximum atomic E-state index is 12.7. The molecule has 6 nitrogen and oxygen atoms in total. The third-order valence-electron chi connectivity index (χ3n) is 4.64. The molecule has 0 radical (unpaired) electrons. The molecule has 1 amide bonds. The molecule has 2 rings (SSSR count). The first-order valence-electron chi connectivity index (χ1n) is 9.07. The van der Waals surface area contributed by atoms with E-state index >= 15 is 0 Å². The Kier molecular flexibility index (Phi) is 6.81. The lowest BCUT2D eigenvalue weighted by Gasteiger charge is -2.22. The summed E-state index contributed by atoms with van der Waals surface area (Å²) in [4.78, 5) is 14.3. The van der Waals surface area contributed by atoms with Crippen molar-refractivity contribution in [1.29, 1.82) is 5.26 Å². The number of benzene rings is 2. The van der Waals surface area contributed by atoms with Gasteiger partial charge in [-0.3, -0.25) is 9.52 Å². The fourth-order valence-corrected chi connectivity index (χ4v) is 3.87. The molecule has 2 aromatic carbocycles. The minimum atomic E-state index is -3.76. The second-order valence-electron chi connectivity index (χ2n) is 6.75. The van der Waals surface area contributed by atoms with Gasteiger partial charge in [0.2, 0.25) is 0 Å². The van der Waals surface area contributed by atoms with Crippen molar-refractivity contribution < 1.29 is 13.2 Å². The number of carbonyl (C=O) groups excluding carboxylic acids is 1. The van der Waals surface area contributed by atoms with Crippen LogP contribution < -0.4 is 4.72 Å². The van der Waals surface area contributed by atoms with Gasteiger partial charge in [0.15, 0.2) is 0 Å². The first-order chi connectivity index (χ1) is 13.2. The minimum absolute atomic E-state index is 0.0818. The van der Waals surface area contributed by atoms with Crippen LogP contribution in [0.5, 0.6) is 0 Å². The highest BCUT2D eigenvalue weighted by Gasteiger charge is 2.19. The molecule has 2 aromatic rings. The molecule has 0 saturated heterocycles. The Morgan fingerprint density at radius 1 is 1.18 bits per heavy atom. The quantitative estimate of drug-likeness (QED) is 0.768. The zero-order chi connectivity index (χ0) is 20.9. The number of amides is 1. The number of hydrogen-bond donors (Lipinski definition) is 1. The molecule has 1 N–H and O–H groups in total. The molecule has 0 aliphatic heterocycles. The van der Waals surface area contributed by atoms with Crippen molar-refractivity contribution in [3.63, 3.8) is 0 Å². The Balaban J connectivity index is 2.22. The summed E-state index contributed by atoms with van der Waals surface area (Å²) in [5.74, 6) is -0.499. The van der Waals surface area contributed by atoms with E-state index in [9.17, 15) is 13.2 Å². The molecule has 28 heavy (non-hydrogen) atoms. The molecule has 148 valence electrons. The maximum absolute atomic E-state index is 12.7. The predicted octanol–water partition coefficient (Wildman–Crippen LogP) is 3.73. The Labute approximate surface area is 166 Å². The summed E-state index contributed by atoms with van der Waals surface area (Å²) in [6, 6.07) is 13.4. The third-order valence-corrected chi connectivity index (χ3v) is 6.03. The van der Waals surface area contributed by atoms with E-state index in [1.54, 1.807) is 24.0 Å². The lowest BCUT2D eigenvalue weighted by atomic mass is 10.1. The molecule has 1 unspecified atom stereocenters. The number of hydrogen-bond acceptors (Lipinski definition) is 4. The van der Waals surface area contributed by atoms with Crippen LogP contribution in [0.15, 0.2) is 47.4 Å². The van der Waals surface area contributed by atoms with Crippen molar-refractivity contribution in [3.05, 3.63) is 59.2 Å². The first kappa shape index (κ1) is 21.5. The number of rotatable bonds is 7. The highest BCUT2D eigenvalue weighted by Crippen LogP contribution is 2.22. The summed E-state index contributed by atoms with van der Waals surface area (Å²) in [6.07, 6.45) is 0. The fraction of sp³-hybridized carbons (Fsp3) is 0.333. The van der Waals surface area contributed by atoms with Crippen molar-refractivity contribution in [3.8, 4) is 6.07 Å². The number of nitriles is 1. The summed E-state index contributed by atoms with van der Waals surface area (Å²) in [5, 5.41) is 8.95. The van der Waals surface area contributed by atoms with Gasteiger partial charge in [-0.05, 0) is 69.2 Å². The van der Waals surface area contributed by atoms with Gasteiger partial charge in [0.25, 0.3) is 15.9 Å². The van der Waals surface area contributed by atoms with Gasteiger partial charge in [0.1, 0.15) is 0 Å². The largest absolute Gasteiger partial charge is 0.338 e. The van der Waals surface area contributed by atoms with Crippen LogP contribution in [-0.2, 0) is 10.0 Å². The van der Waals surface area contributed by atoms with E-state index < -0.39 is 10.0 Å². The molecular weight excluding hydrogens is 374 g/mol. The molecule has 7 heteroatoms. The molecule has 0 saturated carbocycles. The smallest absolute Gasteiger partial charge is 0.261 e. The van der Waals surface area contributed by atoms with Gasteiger partial charge in [-0.25, -0.2) is 8.42 Å². The second-order valence-corrected chi connectivity index (χ2v) is 8.43. The van der Waals surface area contributed by atoms with Crippen molar-refractivity contribution in [2.24, 2.45) is 5.92 Å². The van der Waals surface area contributed by atoms with Crippen LogP contribution in [0.25, 0.3) is 0 Å². The van der Waals surface area contributed by atoms with Crippen LogP contribution in [0, 0.1) is 31.1 Å². The monoisotopic (exact) mass is 399 g/mol. The molecule has 0 aliphatic rings. The van der Waals surface area contributed by atoms with E-state index in [2.05, 4.69) is 10.8 Å². The van der Waals surface area contributed by atoms with Gasteiger partial charge >= 0.3 is 0 Å². The average Bonchev–Trinajstić information content (AvgIpc) is 2.68. The van der Waals surface area contributed by atoms with Crippen LogP contribution in [0.3, 0.4) is 0 Å². The van der Waals surface area contributed by atoms with Crippen LogP contribution in [0.4, 0.5) is 5.69 Å². The minimum Gasteiger partial charge on any atom is -0.338 e. The van der Waals surface area contributed by atoms with E-state index in [1.807, 2.05) is 26.8 Å². The Hall–Kier alpha value is -2.85. The lowest BCUT2D eigenvalue weighted by molar-refractivity contribution is 0.0752. The van der Waals surface area contributed by atoms with Crippen molar-refractivity contribution in [1.82, 2.24) is 4.90 Å². The van der Waals surface area contributed by atoms with Crippen molar-refractivity contribution >= 4 is 21.6 Å². The Bertz CT molecular complexity index is 993. The Morgan fingerprint density at radius 2 is 1.82 bits per heavy atom. The molecule has 0 aliphatic carbocycles. The molecule has 1 atom stereocenters. The van der Waals surface area contributed by atoms with Gasteiger partial charge in [0.05, 0.1) is 22.6 Å². The summed E-state index contributed by atoms with van der Waals surface area (Å²) in [5.41, 5.74) is 2.77. The van der Waals surface area contributed by atoms with Gasteiger partial charge in [-0.1, -0.05) is 12.1 Å². The van der Waals surface area contributed by atoms with E-state index in [0.29, 0.717) is 24.3 Å². The van der Waals surface area contributed by atoms with Gasteiger partial charge < -0.3 is 4.90 Å². The van der Waals surface area contributed by atoms with Crippen molar-refractivity contribution in [2.45, 2.75) is 32.6 Å². The molecule has 0 bridgehead atoms. The highest BCUT2D eigenvalue weighted by molar-refractivity contribution is 7.92. The highest BCUT2D eigenvalue weighted by atomic mass is 32.2. The zero-order valence-corrected chi connectivity index (χ0v) is 17.4. The average molecular weight is 400 g/mol. The van der Waals surface area contributed by atoms with E-state index in [0.717, 1.165) is 11.1 Å². The lowest BCUT2D eigenvalue weighted by Crippen LogP contribution is -2.34. The molecule has 0 fully saturated rings. The third kappa shape index (κ3) is 4.90. The van der Waals surface area contributed by atoms with Crippen LogP contribution in [-0.4, -0.2) is 32.3 Å². The summed E-state index contributed by atoms with van der Waals surface area (Å²) < 4.78 is 28.0. The van der Waals surface area contributed by atoms with E-state index in [1.165, 1.54) is 24.3 Å². The molecule has 0 heterocycles. The number of carbonyl (C=O) groups is 1. The molecule has 0 spiro atoms. The number of aryl methyl sites for hydroxylation is 1. The summed E-state index contributed by atoms with van der Waals surface area (Å²) >= 11 is 0. The van der Waals surface area contributed by atoms with E-state index in [-0.39, 0.29) is 16.7 Å². The van der Waals surface area contributed by atoms with Crippen molar-refractivity contribution in [2.75, 3.05) is 17.8 Å². The second kappa shape index (κ2) is 8.89. The zero-order valence-electron chi connectivity index (χ0n) is 16.6. The Morgan fingerprint density at radius 3 is 2.39 bits per heavy atom. The van der Waals surface area contributed by atoms with Crippen LogP contribution in [0.1, 0.15) is 35.3 Å². The maximum Gasteiger partial charge on any atom is 0.261 e. The predicted molar refractivity (Wildman–Crippen MR) is 110 cm³/mol. The number of nitrogens with zero attached hydrogens (tertiary/aromatic N) is 2. The van der Waals surface area contributed by atoms with Gasteiger partial charge in [0, 0.05) is 18.7 Å².